The van der Waals surface area contributed by atoms with Gasteiger partial charge in [-0.25, -0.2) is 0 Å². The van der Waals surface area contributed by atoms with E-state index in [2.05, 4.69) is 95.0 Å². The molecule has 1 rings (SSSR count). The molecule has 1 unspecified atom stereocenters. The predicted molar refractivity (Wildman–Crippen MR) is 171 cm³/mol. The van der Waals surface area contributed by atoms with Gasteiger partial charge in [-0.2, -0.15) is 0 Å². The number of hydrogen-bond acceptors (Lipinski definition) is 3. The molecule has 216 valence electrons. The SMILES string of the molecule is C[Si](C)(C)[C]1([Si](C)(C)C)[Si](C)(C)CC[Si](C)(C)[C]([Si](C)(C)C)([Si](C)(C)OS(=O)(=O)C(F)(F)F)[Sn]1([CH3])[CH3]. The second-order valence-corrected chi connectivity index (χ2v) is 73.3. The Kier molecular flexibility index (Phi) is 9.36. The van der Waals surface area contributed by atoms with Crippen molar-refractivity contribution in [3.8, 4) is 0 Å². The number of hydrogen-bond donors (Lipinski definition) is 0. The molecular weight excluding hydrogens is 689 g/mol. The molecule has 0 aliphatic carbocycles. The normalized spacial score (nSPS) is 27.4. The molecule has 1 atom stereocenters. The van der Waals surface area contributed by atoms with Gasteiger partial charge in [-0.1, -0.05) is 0 Å². The van der Waals surface area contributed by atoms with E-state index in [9.17, 15) is 21.6 Å². The molecule has 1 heterocycles. The van der Waals surface area contributed by atoms with Crippen LogP contribution in [0.2, 0.25) is 125 Å². The third kappa shape index (κ3) is 4.72. The minimum absolute atomic E-state index is 0.262. The van der Waals surface area contributed by atoms with Crippen molar-refractivity contribution in [1.29, 1.82) is 0 Å². The zero-order valence-corrected chi connectivity index (χ0v) is 35.9. The van der Waals surface area contributed by atoms with Gasteiger partial charge in [-0.3, -0.25) is 0 Å². The molecule has 0 amide bonds. The predicted octanol–water partition coefficient (Wildman–Crippen LogP) is 8.93. The van der Waals surface area contributed by atoms with E-state index in [1.807, 2.05) is 13.1 Å². The Morgan fingerprint density at radius 3 is 1.22 bits per heavy atom. The van der Waals surface area contributed by atoms with Gasteiger partial charge in [-0.05, 0) is 0 Å². The van der Waals surface area contributed by atoms with Gasteiger partial charge < -0.3 is 0 Å². The third-order valence-corrected chi connectivity index (χ3v) is 126. The van der Waals surface area contributed by atoms with Gasteiger partial charge in [0.15, 0.2) is 0 Å². The summed E-state index contributed by atoms with van der Waals surface area (Å²) in [4.78, 5) is 5.19. The van der Waals surface area contributed by atoms with Crippen LogP contribution in [0.5, 0.6) is 0 Å². The maximum absolute atomic E-state index is 13.8. The summed E-state index contributed by atoms with van der Waals surface area (Å²) in [6, 6.07) is 2.29. The van der Waals surface area contributed by atoms with Crippen LogP contribution in [-0.2, 0) is 14.0 Å². The van der Waals surface area contributed by atoms with Gasteiger partial charge in [0.05, 0.1) is 0 Å². The summed E-state index contributed by atoms with van der Waals surface area (Å²) in [5, 5.41) is 0. The van der Waals surface area contributed by atoms with Crippen molar-refractivity contribution in [3.63, 3.8) is 0 Å². The fourth-order valence-electron chi connectivity index (χ4n) is 12.8. The standard InChI is InChI=1S/C20H49F3O3SSi6.2CH3.Sn/c1-28(2,3)18(29(4,5)6)31(10,11)16-17-32(12,13)19(30(7,8)9)33(14,15)26-27(24,25)20(21,22)23;;;/h16-17H2,1-15H3;2*1H3;. The molecule has 1 saturated heterocycles. The van der Waals surface area contributed by atoms with Crippen LogP contribution >= 0.6 is 0 Å². The average Bonchev–Trinajstić information content (AvgIpc) is 2.49. The summed E-state index contributed by atoms with van der Waals surface area (Å²) >= 11 is -3.69. The molecule has 0 N–H and O–H groups in total. The molecule has 0 spiro atoms. The van der Waals surface area contributed by atoms with E-state index in [1.165, 1.54) is 6.04 Å². The van der Waals surface area contributed by atoms with Crippen molar-refractivity contribution in [2.24, 2.45) is 0 Å². The second-order valence-electron chi connectivity index (χ2n) is 16.6. The number of rotatable bonds is 6. The summed E-state index contributed by atoms with van der Waals surface area (Å²) in [6.07, 6.45) is 0. The fraction of sp³-hybridized carbons (Fsp3) is 1.00. The molecule has 14 heteroatoms. The first kappa shape index (κ1) is 35.8. The Balaban J connectivity index is 4.61. The molecule has 1 aliphatic heterocycles. The summed E-state index contributed by atoms with van der Waals surface area (Å²) < 4.78 is 72.7. The van der Waals surface area contributed by atoms with E-state index in [0.29, 0.717) is 0 Å². The Bertz CT molecular complexity index is 947. The van der Waals surface area contributed by atoms with E-state index in [0.717, 1.165) is 6.04 Å². The van der Waals surface area contributed by atoms with Gasteiger partial charge in [0.1, 0.15) is 0 Å². The van der Waals surface area contributed by atoms with Crippen LogP contribution in [0.25, 0.3) is 0 Å². The fourth-order valence-corrected chi connectivity index (χ4v) is 191. The number of halogens is 3. The van der Waals surface area contributed by atoms with E-state index >= 15 is 0 Å². The van der Waals surface area contributed by atoms with Crippen molar-refractivity contribution in [1.82, 2.24) is 0 Å². The molecule has 1 aliphatic rings. The molecule has 0 aromatic heterocycles. The summed E-state index contributed by atoms with van der Waals surface area (Å²) in [5.41, 5.74) is -5.39. The molecule has 3 nitrogen and oxygen atoms in total. The molecule has 0 bridgehead atoms. The zero-order chi connectivity index (χ0) is 29.6. The van der Waals surface area contributed by atoms with Gasteiger partial charge >= 0.3 is 233 Å². The Morgan fingerprint density at radius 1 is 0.694 bits per heavy atom. The molecule has 0 aromatic carbocycles. The van der Waals surface area contributed by atoms with Crippen LogP contribution < -0.4 is 0 Å². The summed E-state index contributed by atoms with van der Waals surface area (Å²) in [5.74, 6) is 0. The van der Waals surface area contributed by atoms with Crippen molar-refractivity contribution in [2.75, 3.05) is 0 Å². The van der Waals surface area contributed by atoms with Crippen LogP contribution in [0, 0.1) is 0 Å². The van der Waals surface area contributed by atoms with Crippen LogP contribution in [0.15, 0.2) is 0 Å². The Hall–Kier alpha value is 1.80. The van der Waals surface area contributed by atoms with Crippen LogP contribution in [-0.4, -0.2) is 81.0 Å². The molecule has 0 aromatic rings. The molecule has 0 radical (unpaired) electrons. The number of alkyl halides is 3. The Morgan fingerprint density at radius 2 is 0.972 bits per heavy atom. The van der Waals surface area contributed by atoms with Gasteiger partial charge in [0.25, 0.3) is 0 Å². The molecule has 36 heavy (non-hydrogen) atoms. The zero-order valence-electron chi connectivity index (χ0n) is 26.2. The van der Waals surface area contributed by atoms with E-state index < -0.39 is 82.7 Å². The van der Waals surface area contributed by atoms with Gasteiger partial charge in [0.2, 0.25) is 0 Å². The monoisotopic (exact) mass is 744 g/mol. The average molecular weight is 744 g/mol. The Labute approximate surface area is 231 Å². The van der Waals surface area contributed by atoms with Crippen LogP contribution in [0.1, 0.15) is 0 Å². The van der Waals surface area contributed by atoms with Crippen molar-refractivity contribution >= 4 is 77.2 Å². The molecular formula is C22H55F3O3SSi6Sn. The van der Waals surface area contributed by atoms with Crippen molar-refractivity contribution in [3.05, 3.63) is 0 Å². The molecule has 1 fully saturated rings. The van der Waals surface area contributed by atoms with E-state index in [-0.39, 0.29) is 4.60 Å². The van der Waals surface area contributed by atoms with E-state index in [1.54, 1.807) is 0 Å². The summed E-state index contributed by atoms with van der Waals surface area (Å²) in [6.45, 7) is 36.0. The van der Waals surface area contributed by atoms with Crippen molar-refractivity contribution < 1.29 is 25.5 Å². The second kappa shape index (κ2) is 9.41. The van der Waals surface area contributed by atoms with Crippen LogP contribution in [0.3, 0.4) is 0 Å². The van der Waals surface area contributed by atoms with Crippen LogP contribution in [0.4, 0.5) is 13.2 Å². The summed E-state index contributed by atoms with van der Waals surface area (Å²) in [7, 11) is -19.4. The quantitative estimate of drug-likeness (QED) is 0.202. The minimum atomic E-state index is -5.68. The first-order chi connectivity index (χ1) is 15.2. The molecule has 0 saturated carbocycles. The maximum atomic E-state index is 13.8. The van der Waals surface area contributed by atoms with E-state index in [4.69, 9.17) is 3.87 Å². The van der Waals surface area contributed by atoms with Crippen molar-refractivity contribution in [2.45, 2.75) is 130 Å². The topological polar surface area (TPSA) is 43.4 Å². The van der Waals surface area contributed by atoms with Gasteiger partial charge in [0, 0.05) is 0 Å². The first-order valence-corrected chi connectivity index (χ1v) is 43.0. The third-order valence-electron chi connectivity index (χ3n) is 10.2. The van der Waals surface area contributed by atoms with Gasteiger partial charge in [-0.15, -0.1) is 0 Å². The first-order valence-electron chi connectivity index (χ1n) is 13.2.